The molecule has 0 radical (unpaired) electrons. The van der Waals surface area contributed by atoms with Crippen LogP contribution in [0.25, 0.3) is 0 Å². The summed E-state index contributed by atoms with van der Waals surface area (Å²) >= 11 is 5.72. The number of pyridine rings is 1. The molecule has 2 aromatic rings. The second kappa shape index (κ2) is 9.02. The van der Waals surface area contributed by atoms with Gasteiger partial charge in [0, 0.05) is 11.9 Å². The molecule has 0 aliphatic heterocycles. The lowest BCUT2D eigenvalue weighted by Gasteiger charge is -2.18. The van der Waals surface area contributed by atoms with Gasteiger partial charge < -0.3 is 5.32 Å². The lowest BCUT2D eigenvalue weighted by atomic mass is 10.0. The van der Waals surface area contributed by atoms with Gasteiger partial charge in [-0.2, -0.15) is 13.2 Å². The Hall–Kier alpha value is -1.84. The van der Waals surface area contributed by atoms with E-state index in [-0.39, 0.29) is 16.8 Å². The van der Waals surface area contributed by atoms with E-state index in [4.69, 9.17) is 20.0 Å². The van der Waals surface area contributed by atoms with Gasteiger partial charge in [0.05, 0.1) is 11.3 Å². The summed E-state index contributed by atoms with van der Waals surface area (Å²) in [6.45, 7) is 3.95. The molecular weight excluding hydrogens is 379 g/mol. The monoisotopic (exact) mass is 395 g/mol. The minimum Gasteiger partial charge on any atom is -0.355 e. The second-order valence-electron chi connectivity index (χ2n) is 5.20. The van der Waals surface area contributed by atoms with Crippen molar-refractivity contribution in [1.82, 2.24) is 4.98 Å². The van der Waals surface area contributed by atoms with Crippen molar-refractivity contribution in [2.45, 2.75) is 25.9 Å². The van der Waals surface area contributed by atoms with E-state index in [1.54, 1.807) is 12.1 Å². The van der Waals surface area contributed by atoms with Crippen molar-refractivity contribution in [2.75, 3.05) is 5.32 Å². The summed E-state index contributed by atoms with van der Waals surface area (Å²) in [5.41, 5.74) is 0.611. The number of anilines is 2. The molecule has 0 saturated heterocycles. The molecule has 0 atom stereocenters. The van der Waals surface area contributed by atoms with E-state index < -0.39 is 22.6 Å². The molecule has 0 bridgehead atoms. The van der Waals surface area contributed by atoms with E-state index in [1.165, 1.54) is 6.07 Å². The molecule has 0 saturated carbocycles. The van der Waals surface area contributed by atoms with Crippen LogP contribution in [0, 0.1) is 0 Å². The molecule has 1 aromatic heterocycles. The SMILES string of the molecule is CC(C)c1ccccc1Nc1cc(Cl)ncc1C(F)(F)F.N[SH](=O)=O. The first-order chi connectivity index (χ1) is 11.5. The van der Waals surface area contributed by atoms with Crippen LogP contribution in [-0.4, -0.2) is 13.4 Å². The Morgan fingerprint density at radius 2 is 1.76 bits per heavy atom. The average molecular weight is 396 g/mol. The van der Waals surface area contributed by atoms with Gasteiger partial charge in [0.2, 0.25) is 0 Å². The van der Waals surface area contributed by atoms with Crippen LogP contribution in [0.3, 0.4) is 0 Å². The van der Waals surface area contributed by atoms with Crippen LogP contribution in [0.15, 0.2) is 36.5 Å². The first-order valence-electron chi connectivity index (χ1n) is 7.00. The highest BCUT2D eigenvalue weighted by molar-refractivity contribution is 7.69. The molecule has 1 aromatic carbocycles. The van der Waals surface area contributed by atoms with Crippen molar-refractivity contribution in [2.24, 2.45) is 5.14 Å². The van der Waals surface area contributed by atoms with Crippen LogP contribution >= 0.6 is 11.6 Å². The molecule has 0 spiro atoms. The maximum Gasteiger partial charge on any atom is 0.419 e. The van der Waals surface area contributed by atoms with Crippen LogP contribution in [0.2, 0.25) is 5.15 Å². The van der Waals surface area contributed by atoms with E-state index in [2.05, 4.69) is 15.4 Å². The number of hydrogen-bond donors (Lipinski definition) is 3. The maximum atomic E-state index is 13.0. The van der Waals surface area contributed by atoms with E-state index in [0.717, 1.165) is 11.8 Å². The Kier molecular flexibility index (Phi) is 7.65. The van der Waals surface area contributed by atoms with Gasteiger partial charge in [0.25, 0.3) is 0 Å². The molecule has 0 aliphatic carbocycles. The van der Waals surface area contributed by atoms with E-state index in [0.29, 0.717) is 5.69 Å². The Bertz CT molecular complexity index is 788. The first-order valence-corrected chi connectivity index (χ1v) is 8.62. The molecule has 2 rings (SSSR count). The van der Waals surface area contributed by atoms with Gasteiger partial charge in [0.15, 0.2) is 10.9 Å². The normalized spacial score (nSPS) is 11.2. The van der Waals surface area contributed by atoms with Crippen molar-refractivity contribution >= 4 is 33.9 Å². The number of nitrogens with zero attached hydrogens (tertiary/aromatic N) is 1. The lowest BCUT2D eigenvalue weighted by molar-refractivity contribution is -0.137. The Balaban J connectivity index is 0.000000705. The van der Waals surface area contributed by atoms with Gasteiger partial charge in [0.1, 0.15) is 5.15 Å². The largest absolute Gasteiger partial charge is 0.419 e. The quantitative estimate of drug-likeness (QED) is 0.539. The van der Waals surface area contributed by atoms with Gasteiger partial charge in [-0.15, -0.1) is 0 Å². The topological polar surface area (TPSA) is 85.1 Å². The number of hydrogen-bond acceptors (Lipinski definition) is 4. The van der Waals surface area contributed by atoms with E-state index in [9.17, 15) is 13.2 Å². The summed E-state index contributed by atoms with van der Waals surface area (Å²) in [7, 11) is -2.62. The number of benzene rings is 1. The predicted molar refractivity (Wildman–Crippen MR) is 92.6 cm³/mol. The van der Waals surface area contributed by atoms with Gasteiger partial charge in [-0.05, 0) is 23.6 Å². The fraction of sp³-hybridized carbons (Fsp3) is 0.267. The number of nitrogens with one attached hydrogen (secondary N) is 1. The number of halogens is 4. The highest BCUT2D eigenvalue weighted by atomic mass is 35.5. The number of alkyl halides is 3. The molecule has 0 fully saturated rings. The molecule has 0 amide bonds. The van der Waals surface area contributed by atoms with Gasteiger partial charge in [-0.1, -0.05) is 43.6 Å². The van der Waals surface area contributed by atoms with Gasteiger partial charge in [-0.25, -0.2) is 18.5 Å². The van der Waals surface area contributed by atoms with Crippen molar-refractivity contribution < 1.29 is 21.6 Å². The molecule has 0 aliphatic rings. The molecule has 1 heterocycles. The van der Waals surface area contributed by atoms with Crippen LogP contribution < -0.4 is 10.5 Å². The smallest absolute Gasteiger partial charge is 0.355 e. The standard InChI is InChI=1S/C15H14ClF3N2.H3NO2S/c1-9(2)10-5-3-4-6-12(10)21-13-7-14(16)20-8-11(13)15(17,18)19;1-4(2)3/h3-9H,1-2H3,(H,20,21);4H,(H2,1,2,3). The van der Waals surface area contributed by atoms with Crippen LogP contribution in [-0.2, 0) is 17.1 Å². The molecule has 25 heavy (non-hydrogen) atoms. The zero-order valence-electron chi connectivity index (χ0n) is 13.3. The number of nitrogens with two attached hydrogens (primary N) is 1. The molecule has 0 unspecified atom stereocenters. The number of thiol groups is 1. The Morgan fingerprint density at radius 3 is 2.28 bits per heavy atom. The molecule has 10 heteroatoms. The summed E-state index contributed by atoms with van der Waals surface area (Å²) in [6.07, 6.45) is -3.75. The summed E-state index contributed by atoms with van der Waals surface area (Å²) in [4.78, 5) is 3.51. The van der Waals surface area contributed by atoms with Gasteiger partial charge in [-0.3, -0.25) is 0 Å². The number of para-hydroxylation sites is 1. The molecular formula is C15H17ClF3N3O2S. The third kappa shape index (κ3) is 6.89. The van der Waals surface area contributed by atoms with Crippen LogP contribution in [0.1, 0.15) is 30.9 Å². The number of aromatic nitrogens is 1. The van der Waals surface area contributed by atoms with E-state index in [1.807, 2.05) is 26.0 Å². The predicted octanol–water partition coefficient (Wildman–Crippen LogP) is 4.09. The van der Waals surface area contributed by atoms with Crippen LogP contribution in [0.5, 0.6) is 0 Å². The Labute approximate surface area is 150 Å². The summed E-state index contributed by atoms with van der Waals surface area (Å²) in [5.74, 6) is 0.181. The second-order valence-corrected chi connectivity index (χ2v) is 6.16. The van der Waals surface area contributed by atoms with Crippen molar-refractivity contribution in [1.29, 1.82) is 0 Å². The Morgan fingerprint density at radius 1 is 1.20 bits per heavy atom. The molecule has 138 valence electrons. The number of rotatable bonds is 3. The van der Waals surface area contributed by atoms with Crippen LogP contribution in [0.4, 0.5) is 24.5 Å². The minimum atomic E-state index is -4.49. The van der Waals surface area contributed by atoms with Crippen molar-refractivity contribution in [3.05, 3.63) is 52.8 Å². The zero-order valence-corrected chi connectivity index (χ0v) is 15.0. The molecule has 5 nitrogen and oxygen atoms in total. The first kappa shape index (κ1) is 21.2. The summed E-state index contributed by atoms with van der Waals surface area (Å²) in [5, 5.41) is 6.90. The summed E-state index contributed by atoms with van der Waals surface area (Å²) < 4.78 is 56.7. The maximum absolute atomic E-state index is 13.0. The average Bonchev–Trinajstić information content (AvgIpc) is 2.45. The lowest BCUT2D eigenvalue weighted by Crippen LogP contribution is -2.10. The zero-order chi connectivity index (χ0) is 19.2. The third-order valence-corrected chi connectivity index (χ3v) is 3.23. The highest BCUT2D eigenvalue weighted by Gasteiger charge is 2.34. The van der Waals surface area contributed by atoms with Crippen molar-refractivity contribution in [3.63, 3.8) is 0 Å². The fourth-order valence-electron chi connectivity index (χ4n) is 2.02. The molecule has 3 N–H and O–H groups in total. The fourth-order valence-corrected chi connectivity index (χ4v) is 2.18. The third-order valence-electron chi connectivity index (χ3n) is 3.03. The van der Waals surface area contributed by atoms with Crippen molar-refractivity contribution in [3.8, 4) is 0 Å². The summed E-state index contributed by atoms with van der Waals surface area (Å²) in [6, 6.07) is 8.42. The minimum absolute atomic E-state index is 0.00697. The van der Waals surface area contributed by atoms with Gasteiger partial charge >= 0.3 is 6.18 Å². The van der Waals surface area contributed by atoms with E-state index >= 15 is 0 Å². The highest BCUT2D eigenvalue weighted by Crippen LogP contribution is 2.37.